The van der Waals surface area contributed by atoms with Crippen LogP contribution in [0.25, 0.3) is 10.9 Å². The van der Waals surface area contributed by atoms with Crippen molar-refractivity contribution in [3.8, 4) is 6.07 Å². The monoisotopic (exact) mass is 375 g/mol. The van der Waals surface area contributed by atoms with Gasteiger partial charge in [-0.1, -0.05) is 36.4 Å². The van der Waals surface area contributed by atoms with E-state index in [-0.39, 0.29) is 11.1 Å². The SMILES string of the molecule is Cn1c(=O)c(C#N)c(N2CCC(Sc3ccccc3)CC2)c2ccccc21. The van der Waals surface area contributed by atoms with Crippen LogP contribution in [-0.2, 0) is 7.05 Å². The summed E-state index contributed by atoms with van der Waals surface area (Å²) in [5, 5.41) is 11.2. The molecule has 2 aromatic carbocycles. The maximum atomic E-state index is 12.7. The molecule has 27 heavy (non-hydrogen) atoms. The number of hydrogen-bond donors (Lipinski definition) is 0. The highest BCUT2D eigenvalue weighted by atomic mass is 32.2. The fourth-order valence-corrected chi connectivity index (χ4v) is 4.94. The zero-order chi connectivity index (χ0) is 18.8. The third-order valence-electron chi connectivity index (χ3n) is 5.19. The molecule has 1 saturated heterocycles. The average Bonchev–Trinajstić information content (AvgIpc) is 2.72. The Morgan fingerprint density at radius 2 is 1.70 bits per heavy atom. The summed E-state index contributed by atoms with van der Waals surface area (Å²) in [5.74, 6) is 0. The van der Waals surface area contributed by atoms with Crippen molar-refractivity contribution in [3.63, 3.8) is 0 Å². The van der Waals surface area contributed by atoms with Crippen LogP contribution >= 0.6 is 11.8 Å². The van der Waals surface area contributed by atoms with Gasteiger partial charge in [-0.05, 0) is 31.0 Å². The van der Waals surface area contributed by atoms with Crippen molar-refractivity contribution < 1.29 is 0 Å². The lowest BCUT2D eigenvalue weighted by Crippen LogP contribution is -2.37. The molecule has 0 unspecified atom stereocenters. The minimum absolute atomic E-state index is 0.216. The second-order valence-corrected chi connectivity index (χ2v) is 8.21. The molecular weight excluding hydrogens is 354 g/mol. The first-order valence-electron chi connectivity index (χ1n) is 9.17. The number of benzene rings is 2. The molecule has 1 fully saturated rings. The first-order valence-corrected chi connectivity index (χ1v) is 10.1. The van der Waals surface area contributed by atoms with Crippen LogP contribution in [0.1, 0.15) is 18.4 Å². The van der Waals surface area contributed by atoms with Gasteiger partial charge in [-0.15, -0.1) is 11.8 Å². The second-order valence-electron chi connectivity index (χ2n) is 6.83. The van der Waals surface area contributed by atoms with Gasteiger partial charge in [0, 0.05) is 35.7 Å². The average molecular weight is 375 g/mol. The molecule has 136 valence electrons. The lowest BCUT2D eigenvalue weighted by molar-refractivity contribution is 0.591. The molecule has 0 radical (unpaired) electrons. The molecule has 0 atom stereocenters. The Bertz CT molecular complexity index is 1060. The van der Waals surface area contributed by atoms with Crippen LogP contribution in [0.15, 0.2) is 64.3 Å². The standard InChI is InChI=1S/C22H21N3OS/c1-24-20-10-6-5-9-18(20)21(19(15-23)22(24)26)25-13-11-17(12-14-25)27-16-7-3-2-4-8-16/h2-10,17H,11-14H2,1H3. The quantitative estimate of drug-likeness (QED) is 0.689. The molecule has 5 heteroatoms. The number of pyridine rings is 1. The van der Waals surface area contributed by atoms with Crippen molar-refractivity contribution in [3.05, 3.63) is 70.5 Å². The highest BCUT2D eigenvalue weighted by molar-refractivity contribution is 8.00. The van der Waals surface area contributed by atoms with Crippen molar-refractivity contribution in [2.75, 3.05) is 18.0 Å². The number of nitrogens with zero attached hydrogens (tertiary/aromatic N) is 3. The van der Waals surface area contributed by atoms with Gasteiger partial charge in [-0.3, -0.25) is 4.79 Å². The van der Waals surface area contributed by atoms with Crippen LogP contribution in [0.2, 0.25) is 0 Å². The first kappa shape index (κ1) is 17.7. The van der Waals surface area contributed by atoms with Gasteiger partial charge < -0.3 is 9.47 Å². The summed E-state index contributed by atoms with van der Waals surface area (Å²) in [6.07, 6.45) is 2.07. The van der Waals surface area contributed by atoms with E-state index in [1.165, 1.54) is 4.90 Å². The maximum Gasteiger partial charge on any atom is 0.270 e. The van der Waals surface area contributed by atoms with Gasteiger partial charge >= 0.3 is 0 Å². The van der Waals surface area contributed by atoms with Gasteiger partial charge in [0.25, 0.3) is 5.56 Å². The highest BCUT2D eigenvalue weighted by Gasteiger charge is 2.25. The fourth-order valence-electron chi connectivity index (χ4n) is 3.80. The van der Waals surface area contributed by atoms with Gasteiger partial charge in [-0.2, -0.15) is 5.26 Å². The van der Waals surface area contributed by atoms with E-state index in [9.17, 15) is 10.1 Å². The Labute approximate surface area is 163 Å². The Balaban J connectivity index is 1.64. The maximum absolute atomic E-state index is 12.7. The van der Waals surface area contributed by atoms with E-state index in [0.717, 1.165) is 42.5 Å². The van der Waals surface area contributed by atoms with Gasteiger partial charge in [0.2, 0.25) is 0 Å². The number of piperidine rings is 1. The number of nitriles is 1. The van der Waals surface area contributed by atoms with E-state index in [1.807, 2.05) is 42.1 Å². The number of thioether (sulfide) groups is 1. The van der Waals surface area contributed by atoms with E-state index in [2.05, 4.69) is 35.2 Å². The predicted octanol–water partition coefficient (Wildman–Crippen LogP) is 4.17. The Kier molecular flexibility index (Phi) is 4.91. The predicted molar refractivity (Wildman–Crippen MR) is 111 cm³/mol. The molecule has 0 amide bonds. The van der Waals surface area contributed by atoms with Crippen molar-refractivity contribution in [2.24, 2.45) is 7.05 Å². The van der Waals surface area contributed by atoms with Crippen LogP contribution < -0.4 is 10.5 Å². The first-order chi connectivity index (χ1) is 13.2. The largest absolute Gasteiger partial charge is 0.370 e. The number of para-hydroxylation sites is 1. The van der Waals surface area contributed by atoms with Crippen LogP contribution in [0, 0.1) is 11.3 Å². The summed E-state index contributed by atoms with van der Waals surface area (Å²) in [7, 11) is 1.73. The topological polar surface area (TPSA) is 49.0 Å². The third-order valence-corrected chi connectivity index (χ3v) is 6.54. The van der Waals surface area contributed by atoms with Crippen molar-refractivity contribution >= 4 is 28.4 Å². The van der Waals surface area contributed by atoms with E-state index in [1.54, 1.807) is 11.6 Å². The van der Waals surface area contributed by atoms with E-state index >= 15 is 0 Å². The summed E-state index contributed by atoms with van der Waals surface area (Å²) in [6, 6.07) is 20.5. The molecule has 1 aromatic heterocycles. The normalized spacial score (nSPS) is 15.0. The highest BCUT2D eigenvalue weighted by Crippen LogP contribution is 2.35. The fraction of sp³-hybridized carbons (Fsp3) is 0.273. The van der Waals surface area contributed by atoms with Gasteiger partial charge in [0.1, 0.15) is 11.6 Å². The number of fused-ring (bicyclic) bond motifs is 1. The zero-order valence-electron chi connectivity index (χ0n) is 15.3. The summed E-state index contributed by atoms with van der Waals surface area (Å²) in [5.41, 5.74) is 1.72. The number of anilines is 1. The van der Waals surface area contributed by atoms with Crippen LogP contribution in [0.4, 0.5) is 5.69 Å². The van der Waals surface area contributed by atoms with Gasteiger partial charge in [-0.25, -0.2) is 0 Å². The molecule has 3 aromatic rings. The van der Waals surface area contributed by atoms with E-state index in [0.29, 0.717) is 5.25 Å². The molecule has 0 saturated carbocycles. The summed E-state index contributed by atoms with van der Waals surface area (Å²) >= 11 is 1.92. The summed E-state index contributed by atoms with van der Waals surface area (Å²) in [4.78, 5) is 16.2. The molecule has 1 aliphatic rings. The molecule has 0 aliphatic carbocycles. The van der Waals surface area contributed by atoms with Gasteiger partial charge in [0.15, 0.2) is 0 Å². The second kappa shape index (κ2) is 7.50. The van der Waals surface area contributed by atoms with Crippen LogP contribution in [0.5, 0.6) is 0 Å². The van der Waals surface area contributed by atoms with Crippen LogP contribution in [-0.4, -0.2) is 22.9 Å². The van der Waals surface area contributed by atoms with Crippen molar-refractivity contribution in [1.82, 2.24) is 4.57 Å². The molecule has 0 bridgehead atoms. The molecule has 0 spiro atoms. The Hall–Kier alpha value is -2.71. The van der Waals surface area contributed by atoms with E-state index in [4.69, 9.17) is 0 Å². The molecule has 4 rings (SSSR count). The summed E-state index contributed by atoms with van der Waals surface area (Å²) in [6.45, 7) is 1.71. The van der Waals surface area contributed by atoms with Gasteiger partial charge in [0.05, 0.1) is 11.2 Å². The Morgan fingerprint density at radius 3 is 2.41 bits per heavy atom. The summed E-state index contributed by atoms with van der Waals surface area (Å²) < 4.78 is 1.58. The molecule has 1 aliphatic heterocycles. The molecule has 4 nitrogen and oxygen atoms in total. The lowest BCUT2D eigenvalue weighted by atomic mass is 10.0. The third kappa shape index (κ3) is 3.33. The minimum Gasteiger partial charge on any atom is -0.370 e. The van der Waals surface area contributed by atoms with Crippen molar-refractivity contribution in [2.45, 2.75) is 23.0 Å². The number of hydrogen-bond acceptors (Lipinski definition) is 4. The van der Waals surface area contributed by atoms with E-state index < -0.39 is 0 Å². The number of aromatic nitrogens is 1. The smallest absolute Gasteiger partial charge is 0.270 e. The molecule has 2 heterocycles. The number of aryl methyl sites for hydroxylation is 1. The van der Waals surface area contributed by atoms with Crippen LogP contribution in [0.3, 0.4) is 0 Å². The molecular formula is C22H21N3OS. The number of rotatable bonds is 3. The lowest BCUT2D eigenvalue weighted by Gasteiger charge is -2.34. The Morgan fingerprint density at radius 1 is 1.04 bits per heavy atom. The molecule has 0 N–H and O–H groups in total. The van der Waals surface area contributed by atoms with Crippen molar-refractivity contribution in [1.29, 1.82) is 5.26 Å². The minimum atomic E-state index is -0.216. The zero-order valence-corrected chi connectivity index (χ0v) is 16.1.